The van der Waals surface area contributed by atoms with Crippen molar-refractivity contribution in [1.29, 1.82) is 0 Å². The van der Waals surface area contributed by atoms with Crippen LogP contribution in [0, 0.1) is 0 Å². The normalized spacial score (nSPS) is 13.7. The number of halogens is 3. The maximum atomic E-state index is 12.0. The van der Waals surface area contributed by atoms with Crippen LogP contribution < -0.4 is 10.5 Å². The quantitative estimate of drug-likeness (QED) is 0.814. The minimum absolute atomic E-state index is 0.123. The molecule has 0 saturated carbocycles. The highest BCUT2D eigenvalue weighted by Gasteiger charge is 2.32. The van der Waals surface area contributed by atoms with Crippen molar-refractivity contribution in [2.75, 3.05) is 6.61 Å². The van der Waals surface area contributed by atoms with Gasteiger partial charge in [-0.05, 0) is 6.07 Å². The van der Waals surface area contributed by atoms with Crippen LogP contribution in [0.25, 0.3) is 0 Å². The van der Waals surface area contributed by atoms with E-state index in [0.29, 0.717) is 0 Å². The molecule has 0 heterocycles. The summed E-state index contributed by atoms with van der Waals surface area (Å²) in [6.07, 6.45) is -4.76. The average Bonchev–Trinajstić information content (AvgIpc) is 2.15. The van der Waals surface area contributed by atoms with E-state index in [1.54, 1.807) is 0 Å². The third kappa shape index (κ3) is 3.41. The summed E-state index contributed by atoms with van der Waals surface area (Å²) in [5.74, 6) is -0.383. The fourth-order valence-electron chi connectivity index (χ4n) is 1.10. The van der Waals surface area contributed by atoms with Crippen molar-refractivity contribution >= 4 is 0 Å². The van der Waals surface area contributed by atoms with Gasteiger partial charge in [0, 0.05) is 5.56 Å². The Morgan fingerprint density at radius 1 is 1.33 bits per heavy atom. The zero-order valence-corrected chi connectivity index (χ0v) is 7.66. The molecule has 1 aromatic carbocycles. The van der Waals surface area contributed by atoms with E-state index in [-0.39, 0.29) is 11.3 Å². The van der Waals surface area contributed by atoms with Gasteiger partial charge in [-0.25, -0.2) is 0 Å². The fraction of sp³-hybridized carbons (Fsp3) is 0.333. The molecule has 0 aliphatic heterocycles. The van der Waals surface area contributed by atoms with E-state index in [1.165, 1.54) is 18.2 Å². The van der Waals surface area contributed by atoms with Crippen LogP contribution in [0.3, 0.4) is 0 Å². The number of para-hydroxylation sites is 1. The highest BCUT2D eigenvalue weighted by atomic mass is 19.4. The fourth-order valence-corrected chi connectivity index (χ4v) is 1.10. The molecule has 1 aromatic rings. The molecule has 0 amide bonds. The molecule has 3 nitrogen and oxygen atoms in total. The Morgan fingerprint density at radius 3 is 2.47 bits per heavy atom. The molecule has 1 atom stereocenters. The van der Waals surface area contributed by atoms with Gasteiger partial charge in [-0.3, -0.25) is 0 Å². The molecule has 0 saturated heterocycles. The smallest absolute Gasteiger partial charge is 0.405 e. The highest BCUT2D eigenvalue weighted by molar-refractivity contribution is 5.35. The van der Waals surface area contributed by atoms with Crippen molar-refractivity contribution in [2.45, 2.75) is 12.4 Å². The van der Waals surface area contributed by atoms with Crippen LogP contribution in [-0.4, -0.2) is 18.1 Å². The second-order valence-corrected chi connectivity index (χ2v) is 2.87. The maximum Gasteiger partial charge on any atom is 0.573 e. The van der Waals surface area contributed by atoms with Gasteiger partial charge in [-0.15, -0.1) is 13.2 Å². The summed E-state index contributed by atoms with van der Waals surface area (Å²) in [7, 11) is 0. The monoisotopic (exact) mass is 221 g/mol. The van der Waals surface area contributed by atoms with Gasteiger partial charge in [0.25, 0.3) is 0 Å². The minimum Gasteiger partial charge on any atom is -0.405 e. The number of aliphatic hydroxyl groups is 1. The summed E-state index contributed by atoms with van der Waals surface area (Å²) in [5, 5.41) is 8.75. The van der Waals surface area contributed by atoms with Crippen molar-refractivity contribution in [1.82, 2.24) is 0 Å². The zero-order chi connectivity index (χ0) is 11.5. The lowest BCUT2D eigenvalue weighted by molar-refractivity contribution is -0.275. The van der Waals surface area contributed by atoms with E-state index in [1.807, 2.05) is 0 Å². The van der Waals surface area contributed by atoms with Crippen LogP contribution in [0.1, 0.15) is 11.6 Å². The Hall–Kier alpha value is -1.27. The molecule has 84 valence electrons. The minimum atomic E-state index is -4.76. The molecular weight excluding hydrogens is 211 g/mol. The van der Waals surface area contributed by atoms with E-state index in [4.69, 9.17) is 10.8 Å². The Morgan fingerprint density at radius 2 is 1.93 bits per heavy atom. The third-order valence-corrected chi connectivity index (χ3v) is 1.74. The molecule has 0 aliphatic carbocycles. The van der Waals surface area contributed by atoms with Gasteiger partial charge in [0.15, 0.2) is 0 Å². The van der Waals surface area contributed by atoms with Crippen molar-refractivity contribution < 1.29 is 23.0 Å². The van der Waals surface area contributed by atoms with Gasteiger partial charge >= 0.3 is 6.36 Å². The standard InChI is InChI=1S/C9H10F3NO2/c10-9(11,12)15-8-4-2-1-3-6(8)7(13)5-14/h1-4,7,14H,5,13H2/t7-/m0/s1. The maximum absolute atomic E-state index is 12.0. The van der Waals surface area contributed by atoms with Gasteiger partial charge in [-0.2, -0.15) is 0 Å². The molecule has 0 radical (unpaired) electrons. The molecule has 1 rings (SSSR count). The lowest BCUT2D eigenvalue weighted by Crippen LogP contribution is -2.21. The molecule has 6 heteroatoms. The number of alkyl halides is 3. The summed E-state index contributed by atoms with van der Waals surface area (Å²) < 4.78 is 39.7. The predicted octanol–water partition coefficient (Wildman–Crippen LogP) is 1.58. The first-order valence-electron chi connectivity index (χ1n) is 4.15. The lowest BCUT2D eigenvalue weighted by Gasteiger charge is -2.16. The Kier molecular flexibility index (Phi) is 3.54. The highest BCUT2D eigenvalue weighted by Crippen LogP contribution is 2.28. The summed E-state index contributed by atoms with van der Waals surface area (Å²) in [5.41, 5.74) is 5.54. The molecule has 0 aromatic heterocycles. The van der Waals surface area contributed by atoms with Crippen molar-refractivity contribution in [3.8, 4) is 5.75 Å². The van der Waals surface area contributed by atoms with E-state index >= 15 is 0 Å². The molecule has 0 bridgehead atoms. The van der Waals surface area contributed by atoms with Gasteiger partial charge in [-0.1, -0.05) is 18.2 Å². The topological polar surface area (TPSA) is 55.5 Å². The molecule has 0 spiro atoms. The first-order valence-corrected chi connectivity index (χ1v) is 4.15. The first kappa shape index (κ1) is 11.8. The van der Waals surface area contributed by atoms with E-state index < -0.39 is 19.0 Å². The van der Waals surface area contributed by atoms with Crippen molar-refractivity contribution in [2.24, 2.45) is 5.73 Å². The summed E-state index contributed by atoms with van der Waals surface area (Å²) >= 11 is 0. The summed E-state index contributed by atoms with van der Waals surface area (Å²) in [6, 6.07) is 4.56. The molecule has 15 heavy (non-hydrogen) atoms. The second-order valence-electron chi connectivity index (χ2n) is 2.87. The molecule has 0 fully saturated rings. The number of benzene rings is 1. The van der Waals surface area contributed by atoms with E-state index in [2.05, 4.69) is 4.74 Å². The Balaban J connectivity index is 2.96. The van der Waals surface area contributed by atoms with Gasteiger partial charge in [0.05, 0.1) is 12.6 Å². The van der Waals surface area contributed by atoms with Crippen molar-refractivity contribution in [3.05, 3.63) is 29.8 Å². The zero-order valence-electron chi connectivity index (χ0n) is 7.66. The van der Waals surface area contributed by atoms with Crippen LogP contribution in [0.4, 0.5) is 13.2 Å². The van der Waals surface area contributed by atoms with E-state index in [0.717, 1.165) is 6.07 Å². The van der Waals surface area contributed by atoms with Crippen LogP contribution >= 0.6 is 0 Å². The number of aliphatic hydroxyl groups excluding tert-OH is 1. The van der Waals surface area contributed by atoms with E-state index in [9.17, 15) is 13.2 Å². The lowest BCUT2D eigenvalue weighted by atomic mass is 10.1. The predicted molar refractivity (Wildman–Crippen MR) is 47.1 cm³/mol. The van der Waals surface area contributed by atoms with Gasteiger partial charge in [0.2, 0.25) is 0 Å². The molecular formula is C9H10F3NO2. The van der Waals surface area contributed by atoms with Crippen LogP contribution in [0.5, 0.6) is 5.75 Å². The van der Waals surface area contributed by atoms with Gasteiger partial charge < -0.3 is 15.6 Å². The van der Waals surface area contributed by atoms with Crippen molar-refractivity contribution in [3.63, 3.8) is 0 Å². The number of rotatable bonds is 3. The SMILES string of the molecule is N[C@@H](CO)c1ccccc1OC(F)(F)F. The van der Waals surface area contributed by atoms with Crippen LogP contribution in [0.2, 0.25) is 0 Å². The largest absolute Gasteiger partial charge is 0.573 e. The van der Waals surface area contributed by atoms with Gasteiger partial charge in [0.1, 0.15) is 5.75 Å². The Labute approximate surface area is 84.3 Å². The average molecular weight is 221 g/mol. The van der Waals surface area contributed by atoms with Crippen LogP contribution in [-0.2, 0) is 0 Å². The number of ether oxygens (including phenoxy) is 1. The first-order chi connectivity index (χ1) is 6.94. The Bertz CT molecular complexity index is 327. The van der Waals surface area contributed by atoms with Crippen LogP contribution in [0.15, 0.2) is 24.3 Å². The molecule has 0 unspecified atom stereocenters. The number of hydrogen-bond donors (Lipinski definition) is 2. The second kappa shape index (κ2) is 4.50. The molecule has 3 N–H and O–H groups in total. The number of nitrogens with two attached hydrogens (primary N) is 1. The summed E-state index contributed by atoms with van der Waals surface area (Å²) in [4.78, 5) is 0. The third-order valence-electron chi connectivity index (χ3n) is 1.74. The molecule has 0 aliphatic rings. The summed E-state index contributed by atoms with van der Waals surface area (Å²) in [6.45, 7) is -0.446. The number of hydrogen-bond acceptors (Lipinski definition) is 3.